The zero-order chi connectivity index (χ0) is 22.6. The van der Waals surface area contributed by atoms with Gasteiger partial charge in [-0.1, -0.05) is 25.5 Å². The highest BCUT2D eigenvalue weighted by Gasteiger charge is 2.66. The lowest BCUT2D eigenvalue weighted by Crippen LogP contribution is -2.58. The van der Waals surface area contributed by atoms with Crippen LogP contribution in [0.3, 0.4) is 0 Å². The standard InChI is InChI=1S/C25H36O6/c1-15(26)30-14-22(28)25(29)12-9-21-19-6-5-17-13-18(31-16(2)27)7-10-23(17,3)20(19)8-11-24(21,25)4/h5,18-21,29H,6-14H2,1-4H3. The summed E-state index contributed by atoms with van der Waals surface area (Å²) in [6.45, 7) is 6.86. The molecule has 3 fully saturated rings. The van der Waals surface area contributed by atoms with Crippen molar-refractivity contribution in [1.29, 1.82) is 0 Å². The van der Waals surface area contributed by atoms with Crippen LogP contribution < -0.4 is 0 Å². The van der Waals surface area contributed by atoms with Crippen molar-refractivity contribution in [3.8, 4) is 0 Å². The molecule has 0 heterocycles. The van der Waals surface area contributed by atoms with E-state index >= 15 is 0 Å². The summed E-state index contributed by atoms with van der Waals surface area (Å²) in [5.74, 6) is 0.176. The zero-order valence-electron chi connectivity index (χ0n) is 19.2. The number of hydrogen-bond acceptors (Lipinski definition) is 6. The average Bonchev–Trinajstić information content (AvgIpc) is 2.98. The van der Waals surface area contributed by atoms with Crippen LogP contribution in [0.2, 0.25) is 0 Å². The number of aliphatic hydroxyl groups is 1. The molecule has 7 atom stereocenters. The third kappa shape index (κ3) is 3.46. The quantitative estimate of drug-likeness (QED) is 0.538. The third-order valence-corrected chi connectivity index (χ3v) is 9.41. The summed E-state index contributed by atoms with van der Waals surface area (Å²) in [5.41, 5.74) is -0.379. The number of rotatable bonds is 4. The van der Waals surface area contributed by atoms with E-state index in [1.807, 2.05) is 0 Å². The van der Waals surface area contributed by atoms with Crippen LogP contribution in [0.4, 0.5) is 0 Å². The van der Waals surface area contributed by atoms with Gasteiger partial charge in [-0.05, 0) is 68.1 Å². The highest BCUT2D eigenvalue weighted by Crippen LogP contribution is 2.67. The van der Waals surface area contributed by atoms with E-state index in [1.54, 1.807) is 0 Å². The smallest absolute Gasteiger partial charge is 0.303 e. The molecule has 4 aliphatic carbocycles. The van der Waals surface area contributed by atoms with Crippen LogP contribution in [0.25, 0.3) is 0 Å². The van der Waals surface area contributed by atoms with Gasteiger partial charge in [0.1, 0.15) is 11.7 Å². The van der Waals surface area contributed by atoms with Gasteiger partial charge < -0.3 is 14.6 Å². The molecule has 0 radical (unpaired) electrons. The Morgan fingerprint density at radius 3 is 2.42 bits per heavy atom. The van der Waals surface area contributed by atoms with Crippen LogP contribution in [0.15, 0.2) is 11.6 Å². The second-order valence-electron chi connectivity index (χ2n) is 10.8. The van der Waals surface area contributed by atoms with Crippen molar-refractivity contribution in [1.82, 2.24) is 0 Å². The minimum Gasteiger partial charge on any atom is -0.462 e. The highest BCUT2D eigenvalue weighted by molar-refractivity contribution is 5.90. The topological polar surface area (TPSA) is 89.9 Å². The first-order valence-electron chi connectivity index (χ1n) is 11.8. The van der Waals surface area contributed by atoms with E-state index in [4.69, 9.17) is 9.47 Å². The predicted molar refractivity (Wildman–Crippen MR) is 114 cm³/mol. The Kier molecular flexibility index (Phi) is 5.60. The Morgan fingerprint density at radius 1 is 1.03 bits per heavy atom. The second kappa shape index (κ2) is 7.72. The molecule has 0 bridgehead atoms. The van der Waals surface area contributed by atoms with Crippen molar-refractivity contribution in [3.05, 3.63) is 11.6 Å². The molecule has 1 N–H and O–H groups in total. The van der Waals surface area contributed by atoms with E-state index in [2.05, 4.69) is 19.9 Å². The number of carbonyl (C=O) groups excluding carboxylic acids is 3. The summed E-state index contributed by atoms with van der Waals surface area (Å²) in [4.78, 5) is 35.5. The lowest BCUT2D eigenvalue weighted by Gasteiger charge is -2.58. The van der Waals surface area contributed by atoms with Gasteiger partial charge in [0.05, 0.1) is 0 Å². The van der Waals surface area contributed by atoms with Crippen molar-refractivity contribution in [2.75, 3.05) is 6.61 Å². The average molecular weight is 433 g/mol. The predicted octanol–water partition coefficient (Wildman–Crippen LogP) is 3.74. The van der Waals surface area contributed by atoms with Gasteiger partial charge in [-0.3, -0.25) is 14.4 Å². The van der Waals surface area contributed by atoms with Gasteiger partial charge in [-0.2, -0.15) is 0 Å². The molecule has 3 saturated carbocycles. The highest BCUT2D eigenvalue weighted by atomic mass is 16.5. The molecule has 31 heavy (non-hydrogen) atoms. The van der Waals surface area contributed by atoms with Crippen LogP contribution in [0.1, 0.15) is 79.1 Å². The number of hydrogen-bond donors (Lipinski definition) is 1. The van der Waals surface area contributed by atoms with Gasteiger partial charge in [0.2, 0.25) is 5.78 Å². The first-order valence-corrected chi connectivity index (χ1v) is 11.8. The van der Waals surface area contributed by atoms with Crippen LogP contribution >= 0.6 is 0 Å². The van der Waals surface area contributed by atoms with E-state index in [1.165, 1.54) is 19.4 Å². The lowest BCUT2D eigenvalue weighted by atomic mass is 9.46. The Bertz CT molecular complexity index is 817. The van der Waals surface area contributed by atoms with E-state index < -0.39 is 17.0 Å². The fourth-order valence-electron chi connectivity index (χ4n) is 7.72. The van der Waals surface area contributed by atoms with Crippen molar-refractivity contribution >= 4 is 17.7 Å². The molecular formula is C25H36O6. The number of ketones is 1. The number of fused-ring (bicyclic) bond motifs is 5. The van der Waals surface area contributed by atoms with E-state index in [9.17, 15) is 19.5 Å². The van der Waals surface area contributed by atoms with Crippen molar-refractivity contribution in [2.45, 2.75) is 90.8 Å². The number of carbonyl (C=O) groups is 3. The molecule has 0 aromatic heterocycles. The lowest BCUT2D eigenvalue weighted by molar-refractivity contribution is -0.169. The molecule has 0 aromatic carbocycles. The second-order valence-corrected chi connectivity index (χ2v) is 10.8. The first-order chi connectivity index (χ1) is 14.5. The molecule has 0 spiro atoms. The first kappa shape index (κ1) is 22.5. The Labute approximate surface area is 184 Å². The maximum Gasteiger partial charge on any atom is 0.303 e. The summed E-state index contributed by atoms with van der Waals surface area (Å²) >= 11 is 0. The number of ether oxygens (including phenoxy) is 2. The molecule has 7 unspecified atom stereocenters. The van der Waals surface area contributed by atoms with E-state index in [0.717, 1.165) is 44.9 Å². The maximum absolute atomic E-state index is 12.9. The molecular weight excluding hydrogens is 396 g/mol. The minimum atomic E-state index is -1.42. The summed E-state index contributed by atoms with van der Waals surface area (Å²) in [6, 6.07) is 0. The van der Waals surface area contributed by atoms with Gasteiger partial charge in [0.15, 0.2) is 6.61 Å². The van der Waals surface area contributed by atoms with Gasteiger partial charge >= 0.3 is 11.9 Å². The molecule has 172 valence electrons. The van der Waals surface area contributed by atoms with Crippen LogP contribution in [0.5, 0.6) is 0 Å². The fourth-order valence-corrected chi connectivity index (χ4v) is 7.72. The fraction of sp³-hybridized carbons (Fsp3) is 0.800. The van der Waals surface area contributed by atoms with Crippen LogP contribution in [-0.4, -0.2) is 41.1 Å². The summed E-state index contributed by atoms with van der Waals surface area (Å²) in [5, 5.41) is 11.5. The molecule has 4 rings (SSSR count). The third-order valence-electron chi connectivity index (χ3n) is 9.41. The molecule has 0 aromatic rings. The molecule has 0 amide bonds. The monoisotopic (exact) mass is 432 g/mol. The largest absolute Gasteiger partial charge is 0.462 e. The summed E-state index contributed by atoms with van der Waals surface area (Å²) < 4.78 is 10.5. The molecule has 0 aliphatic heterocycles. The van der Waals surface area contributed by atoms with Gasteiger partial charge in [-0.25, -0.2) is 0 Å². The van der Waals surface area contributed by atoms with Crippen LogP contribution in [-0.2, 0) is 23.9 Å². The van der Waals surface area contributed by atoms with Gasteiger partial charge in [0.25, 0.3) is 0 Å². The van der Waals surface area contributed by atoms with Gasteiger partial charge in [0, 0.05) is 25.7 Å². The van der Waals surface area contributed by atoms with Crippen molar-refractivity contribution in [3.63, 3.8) is 0 Å². The Morgan fingerprint density at radius 2 is 1.74 bits per heavy atom. The van der Waals surface area contributed by atoms with Crippen LogP contribution in [0, 0.1) is 28.6 Å². The normalized spacial score (nSPS) is 43.7. The summed E-state index contributed by atoms with van der Waals surface area (Å²) in [6.07, 6.45) is 9.08. The number of allylic oxidation sites excluding steroid dienone is 1. The molecule has 4 aliphatic rings. The van der Waals surface area contributed by atoms with Gasteiger partial charge in [-0.15, -0.1) is 0 Å². The van der Waals surface area contributed by atoms with Crippen molar-refractivity contribution < 1.29 is 29.0 Å². The SMILES string of the molecule is CC(=O)OCC(=O)C1(O)CCC2C3CC=C4CC(OC(C)=O)CCC4(C)C3CCC21C. The zero-order valence-corrected chi connectivity index (χ0v) is 19.2. The molecule has 6 nitrogen and oxygen atoms in total. The van der Waals surface area contributed by atoms with Crippen molar-refractivity contribution in [2.24, 2.45) is 28.6 Å². The van der Waals surface area contributed by atoms with E-state index in [0.29, 0.717) is 18.3 Å². The maximum atomic E-state index is 12.9. The molecule has 6 heteroatoms. The summed E-state index contributed by atoms with van der Waals surface area (Å²) in [7, 11) is 0. The number of esters is 2. The number of Topliss-reactive ketones (excluding diaryl/α,β-unsaturated/α-hetero) is 1. The molecule has 0 saturated heterocycles. The Balaban J connectivity index is 1.56. The minimum absolute atomic E-state index is 0.0160. The van der Waals surface area contributed by atoms with E-state index in [-0.39, 0.29) is 35.8 Å². The Hall–Kier alpha value is -1.69.